The molecule has 0 spiro atoms. The molecule has 1 unspecified atom stereocenters. The van der Waals surface area contributed by atoms with Crippen LogP contribution in [-0.2, 0) is 0 Å². The third-order valence-electron chi connectivity index (χ3n) is 4.78. The zero-order valence-corrected chi connectivity index (χ0v) is 12.0. The second kappa shape index (κ2) is 6.43. The summed E-state index contributed by atoms with van der Waals surface area (Å²) >= 11 is 0. The highest BCUT2D eigenvalue weighted by atomic mass is 14.6. The summed E-state index contributed by atoms with van der Waals surface area (Å²) in [6, 6.07) is 2.64. The molecule has 0 bridgehead atoms. The fourth-order valence-electron chi connectivity index (χ4n) is 3.09. The quantitative estimate of drug-likeness (QED) is 0.487. The molecule has 0 aromatic carbocycles. The van der Waals surface area contributed by atoms with E-state index in [1.807, 2.05) is 0 Å². The van der Waals surface area contributed by atoms with Gasteiger partial charge >= 0.3 is 0 Å². The molecule has 1 aliphatic carbocycles. The molecular formula is C16H29N. The van der Waals surface area contributed by atoms with E-state index in [-0.39, 0.29) is 5.41 Å². The van der Waals surface area contributed by atoms with Gasteiger partial charge in [0.15, 0.2) is 0 Å². The molecule has 0 aromatic rings. The normalized spacial score (nSPS) is 20.6. The second-order valence-electron chi connectivity index (χ2n) is 6.17. The highest BCUT2D eigenvalue weighted by molar-refractivity contribution is 5.17. The zero-order valence-electron chi connectivity index (χ0n) is 12.0. The second-order valence-corrected chi connectivity index (χ2v) is 6.17. The Bertz CT molecular complexity index is 259. The van der Waals surface area contributed by atoms with Gasteiger partial charge in [-0.1, -0.05) is 59.3 Å². The van der Waals surface area contributed by atoms with E-state index in [0.717, 1.165) is 12.8 Å². The van der Waals surface area contributed by atoms with Gasteiger partial charge in [-0.25, -0.2) is 0 Å². The molecule has 1 aliphatic rings. The number of nitrogens with zero attached hydrogens (tertiary/aromatic N) is 1. The molecule has 1 rings (SSSR count). The SMILES string of the molecule is CCCCCCC(C)(CCCC)C1(C#N)CC1. The summed E-state index contributed by atoms with van der Waals surface area (Å²) in [4.78, 5) is 0. The van der Waals surface area contributed by atoms with Crippen molar-refractivity contribution in [2.45, 2.75) is 85.0 Å². The van der Waals surface area contributed by atoms with E-state index in [2.05, 4.69) is 26.8 Å². The molecule has 17 heavy (non-hydrogen) atoms. The van der Waals surface area contributed by atoms with Crippen LogP contribution in [0.15, 0.2) is 0 Å². The monoisotopic (exact) mass is 235 g/mol. The maximum Gasteiger partial charge on any atom is 0.0695 e. The van der Waals surface area contributed by atoms with Crippen molar-refractivity contribution in [1.29, 1.82) is 5.26 Å². The zero-order chi connectivity index (χ0) is 12.8. The highest BCUT2D eigenvalue weighted by Crippen LogP contribution is 2.62. The van der Waals surface area contributed by atoms with Crippen LogP contribution in [0.4, 0.5) is 0 Å². The summed E-state index contributed by atoms with van der Waals surface area (Å²) in [5.74, 6) is 0. The van der Waals surface area contributed by atoms with Crippen molar-refractivity contribution >= 4 is 0 Å². The van der Waals surface area contributed by atoms with Crippen LogP contribution < -0.4 is 0 Å². The van der Waals surface area contributed by atoms with Crippen molar-refractivity contribution in [3.8, 4) is 6.07 Å². The summed E-state index contributed by atoms with van der Waals surface area (Å²) in [7, 11) is 0. The number of hydrogen-bond acceptors (Lipinski definition) is 1. The number of hydrogen-bond donors (Lipinski definition) is 0. The molecule has 1 saturated carbocycles. The maximum absolute atomic E-state index is 9.44. The Hall–Kier alpha value is -0.510. The van der Waals surface area contributed by atoms with Crippen molar-refractivity contribution in [3.05, 3.63) is 0 Å². The van der Waals surface area contributed by atoms with Gasteiger partial charge in [-0.3, -0.25) is 0 Å². The third-order valence-corrected chi connectivity index (χ3v) is 4.78. The first-order chi connectivity index (χ1) is 8.14. The van der Waals surface area contributed by atoms with Crippen LogP contribution in [-0.4, -0.2) is 0 Å². The van der Waals surface area contributed by atoms with Crippen LogP contribution in [0.25, 0.3) is 0 Å². The van der Waals surface area contributed by atoms with Crippen molar-refractivity contribution in [2.75, 3.05) is 0 Å². The Kier molecular flexibility index (Phi) is 5.50. The van der Waals surface area contributed by atoms with E-state index in [9.17, 15) is 5.26 Å². The summed E-state index contributed by atoms with van der Waals surface area (Å²) in [5, 5.41) is 9.44. The fourth-order valence-corrected chi connectivity index (χ4v) is 3.09. The molecule has 0 aromatic heterocycles. The topological polar surface area (TPSA) is 23.8 Å². The Balaban J connectivity index is 2.51. The van der Waals surface area contributed by atoms with Crippen molar-refractivity contribution in [3.63, 3.8) is 0 Å². The van der Waals surface area contributed by atoms with Gasteiger partial charge in [0.1, 0.15) is 0 Å². The van der Waals surface area contributed by atoms with Gasteiger partial charge in [-0.15, -0.1) is 0 Å². The van der Waals surface area contributed by atoms with Crippen LogP contribution >= 0.6 is 0 Å². The minimum Gasteiger partial charge on any atom is -0.198 e. The Labute approximate surface area is 108 Å². The van der Waals surface area contributed by atoms with Gasteiger partial charge in [-0.2, -0.15) is 5.26 Å². The molecule has 0 amide bonds. The largest absolute Gasteiger partial charge is 0.198 e. The van der Waals surface area contributed by atoms with Gasteiger partial charge in [-0.05, 0) is 31.1 Å². The smallest absolute Gasteiger partial charge is 0.0695 e. The minimum absolute atomic E-state index is 0.0500. The lowest BCUT2D eigenvalue weighted by Crippen LogP contribution is -2.28. The number of nitriles is 1. The molecule has 0 saturated heterocycles. The predicted octanol–water partition coefficient (Wildman–Crippen LogP) is 5.46. The summed E-state index contributed by atoms with van der Waals surface area (Å²) in [6.45, 7) is 6.89. The standard InChI is InChI=1S/C16H29N/c1-4-6-8-9-11-15(3,10-7-5-2)16(14-17)12-13-16/h4-13H2,1-3H3. The van der Waals surface area contributed by atoms with Crippen LogP contribution in [0.3, 0.4) is 0 Å². The first-order valence-electron chi connectivity index (χ1n) is 7.55. The van der Waals surface area contributed by atoms with E-state index < -0.39 is 0 Å². The average Bonchev–Trinajstić information content (AvgIpc) is 3.13. The minimum atomic E-state index is 0.0500. The predicted molar refractivity (Wildman–Crippen MR) is 73.7 cm³/mol. The highest BCUT2D eigenvalue weighted by Gasteiger charge is 2.56. The Morgan fingerprint density at radius 1 is 1.00 bits per heavy atom. The third kappa shape index (κ3) is 3.47. The molecule has 0 radical (unpaired) electrons. The van der Waals surface area contributed by atoms with E-state index in [0.29, 0.717) is 5.41 Å². The first kappa shape index (κ1) is 14.6. The molecule has 1 nitrogen and oxygen atoms in total. The van der Waals surface area contributed by atoms with Crippen molar-refractivity contribution in [2.24, 2.45) is 10.8 Å². The summed E-state index contributed by atoms with van der Waals surface area (Å²) in [6.07, 6.45) is 12.7. The van der Waals surface area contributed by atoms with Crippen LogP contribution in [0.1, 0.15) is 85.0 Å². The van der Waals surface area contributed by atoms with Crippen molar-refractivity contribution < 1.29 is 0 Å². The van der Waals surface area contributed by atoms with E-state index in [1.165, 1.54) is 51.4 Å². The number of rotatable bonds is 9. The lowest BCUT2D eigenvalue weighted by Gasteiger charge is -2.34. The van der Waals surface area contributed by atoms with E-state index in [1.54, 1.807) is 0 Å². The Morgan fingerprint density at radius 3 is 2.06 bits per heavy atom. The average molecular weight is 235 g/mol. The van der Waals surface area contributed by atoms with Gasteiger partial charge in [0, 0.05) is 0 Å². The first-order valence-corrected chi connectivity index (χ1v) is 7.55. The Morgan fingerprint density at radius 2 is 1.59 bits per heavy atom. The van der Waals surface area contributed by atoms with Crippen LogP contribution in [0.2, 0.25) is 0 Å². The summed E-state index contributed by atoms with van der Waals surface area (Å²) < 4.78 is 0. The molecule has 0 N–H and O–H groups in total. The van der Waals surface area contributed by atoms with E-state index in [4.69, 9.17) is 0 Å². The lowest BCUT2D eigenvalue weighted by molar-refractivity contribution is 0.164. The molecular weight excluding hydrogens is 206 g/mol. The lowest BCUT2D eigenvalue weighted by atomic mass is 9.68. The van der Waals surface area contributed by atoms with Gasteiger partial charge in [0.2, 0.25) is 0 Å². The molecule has 98 valence electrons. The van der Waals surface area contributed by atoms with E-state index >= 15 is 0 Å². The summed E-state index contributed by atoms with van der Waals surface area (Å²) in [5.41, 5.74) is 0.347. The fraction of sp³-hybridized carbons (Fsp3) is 0.938. The maximum atomic E-state index is 9.44. The van der Waals surface area contributed by atoms with Gasteiger partial charge in [0.05, 0.1) is 11.5 Å². The molecule has 1 atom stereocenters. The molecule has 0 aliphatic heterocycles. The van der Waals surface area contributed by atoms with Crippen LogP contribution in [0.5, 0.6) is 0 Å². The molecule has 1 fully saturated rings. The van der Waals surface area contributed by atoms with Gasteiger partial charge < -0.3 is 0 Å². The van der Waals surface area contributed by atoms with Gasteiger partial charge in [0.25, 0.3) is 0 Å². The van der Waals surface area contributed by atoms with Crippen molar-refractivity contribution in [1.82, 2.24) is 0 Å². The molecule has 0 heterocycles. The van der Waals surface area contributed by atoms with Crippen LogP contribution in [0, 0.1) is 22.2 Å². The molecule has 1 heteroatoms. The number of unbranched alkanes of at least 4 members (excludes halogenated alkanes) is 4.